The number of carbonyl (C=O) groups is 2. The van der Waals surface area contributed by atoms with Crippen molar-refractivity contribution in [3.05, 3.63) is 41.1 Å². The first kappa shape index (κ1) is 22.0. The van der Waals surface area contributed by atoms with Gasteiger partial charge in [0.05, 0.1) is 24.3 Å². The zero-order chi connectivity index (χ0) is 22.7. The van der Waals surface area contributed by atoms with Crippen LogP contribution in [0.3, 0.4) is 0 Å². The summed E-state index contributed by atoms with van der Waals surface area (Å²) >= 11 is 1.25. The summed E-state index contributed by atoms with van der Waals surface area (Å²) in [6.07, 6.45) is 1.97. The van der Waals surface area contributed by atoms with Crippen LogP contribution >= 0.6 is 11.8 Å². The lowest BCUT2D eigenvalue weighted by Gasteiger charge is -2.30. The van der Waals surface area contributed by atoms with Gasteiger partial charge in [-0.25, -0.2) is 14.3 Å². The first-order chi connectivity index (χ1) is 15.5. The summed E-state index contributed by atoms with van der Waals surface area (Å²) in [5.41, 5.74) is 0.574. The molecule has 1 aliphatic carbocycles. The number of carbonyl (C=O) groups excluding carboxylic acids is 2. The van der Waals surface area contributed by atoms with Crippen molar-refractivity contribution in [2.75, 3.05) is 12.4 Å². The van der Waals surface area contributed by atoms with E-state index in [-0.39, 0.29) is 41.0 Å². The third-order valence-electron chi connectivity index (χ3n) is 4.80. The van der Waals surface area contributed by atoms with E-state index in [1.807, 2.05) is 0 Å². The van der Waals surface area contributed by atoms with Crippen LogP contribution in [0.5, 0.6) is 5.75 Å². The fourth-order valence-corrected chi connectivity index (χ4v) is 4.22. The standard InChI is InChI=1S/C19H20F2N6O4S/c1-2-30-16(28)14-12(9-32-19-24-25-26-27(19)10-7-8-10)22-18(29)23-15(14)11-5-3-4-6-13(11)31-17(20)21/h3-6,10,15,17H,2,7-9H2,1H3,(H2,22,23,29). The zero-order valence-corrected chi connectivity index (χ0v) is 17.8. The van der Waals surface area contributed by atoms with Gasteiger partial charge in [-0.05, 0) is 36.3 Å². The Morgan fingerprint density at radius 2 is 2.12 bits per heavy atom. The molecular weight excluding hydrogens is 446 g/mol. The molecule has 0 spiro atoms. The number of urea groups is 1. The quantitative estimate of drug-likeness (QED) is 0.427. The highest BCUT2D eigenvalue weighted by Crippen LogP contribution is 2.38. The van der Waals surface area contributed by atoms with Gasteiger partial charge in [0.2, 0.25) is 5.16 Å². The van der Waals surface area contributed by atoms with E-state index >= 15 is 0 Å². The van der Waals surface area contributed by atoms with Crippen LogP contribution in [-0.2, 0) is 9.53 Å². The number of para-hydroxylation sites is 1. The Bertz CT molecular complexity index is 1040. The lowest BCUT2D eigenvalue weighted by molar-refractivity contribution is -0.139. The van der Waals surface area contributed by atoms with E-state index in [2.05, 4.69) is 30.9 Å². The molecule has 1 fully saturated rings. The SMILES string of the molecule is CCOC(=O)C1=C(CSc2nnnn2C2CC2)NC(=O)NC1c1ccccc1OC(F)F. The molecule has 1 aromatic heterocycles. The van der Waals surface area contributed by atoms with Gasteiger partial charge in [0, 0.05) is 17.0 Å². The third-order valence-corrected chi connectivity index (χ3v) is 5.76. The Kier molecular flexibility index (Phi) is 6.53. The van der Waals surface area contributed by atoms with Crippen LogP contribution in [0.4, 0.5) is 13.6 Å². The molecule has 0 bridgehead atoms. The van der Waals surface area contributed by atoms with Crippen molar-refractivity contribution in [3.63, 3.8) is 0 Å². The van der Waals surface area contributed by atoms with Crippen molar-refractivity contribution in [1.29, 1.82) is 0 Å². The summed E-state index contributed by atoms with van der Waals surface area (Å²) in [7, 11) is 0. The maximum Gasteiger partial charge on any atom is 0.387 e. The van der Waals surface area contributed by atoms with E-state index < -0.39 is 24.7 Å². The molecule has 10 nitrogen and oxygen atoms in total. The largest absolute Gasteiger partial charge is 0.463 e. The highest BCUT2D eigenvalue weighted by Gasteiger charge is 2.36. The molecule has 170 valence electrons. The summed E-state index contributed by atoms with van der Waals surface area (Å²) in [6.45, 7) is -1.33. The summed E-state index contributed by atoms with van der Waals surface area (Å²) < 4.78 is 37.4. The van der Waals surface area contributed by atoms with Crippen LogP contribution in [0.25, 0.3) is 0 Å². The third kappa shape index (κ3) is 4.82. The van der Waals surface area contributed by atoms with Crippen LogP contribution in [0.15, 0.2) is 40.7 Å². The number of amides is 2. The summed E-state index contributed by atoms with van der Waals surface area (Å²) in [5.74, 6) is -0.682. The second kappa shape index (κ2) is 9.51. The molecule has 32 heavy (non-hydrogen) atoms. The van der Waals surface area contributed by atoms with E-state index in [1.54, 1.807) is 17.7 Å². The highest BCUT2D eigenvalue weighted by atomic mass is 32.2. The molecule has 1 saturated carbocycles. The molecule has 2 amide bonds. The Morgan fingerprint density at radius 3 is 2.84 bits per heavy atom. The maximum absolute atomic E-state index is 12.9. The summed E-state index contributed by atoms with van der Waals surface area (Å²) in [5, 5.41) is 17.5. The number of thioether (sulfide) groups is 1. The lowest BCUT2D eigenvalue weighted by atomic mass is 9.95. The minimum absolute atomic E-state index is 0.0923. The number of aromatic nitrogens is 4. The normalized spacial score (nSPS) is 18.4. The van der Waals surface area contributed by atoms with Gasteiger partial charge in [-0.1, -0.05) is 30.0 Å². The van der Waals surface area contributed by atoms with Gasteiger partial charge in [0.1, 0.15) is 5.75 Å². The number of nitrogens with one attached hydrogen (secondary N) is 2. The van der Waals surface area contributed by atoms with Crippen LogP contribution in [0, 0.1) is 0 Å². The van der Waals surface area contributed by atoms with E-state index in [4.69, 9.17) is 4.74 Å². The molecule has 0 saturated heterocycles. The number of esters is 1. The van der Waals surface area contributed by atoms with Crippen molar-refractivity contribution < 1.29 is 27.8 Å². The van der Waals surface area contributed by atoms with E-state index in [0.717, 1.165) is 12.8 Å². The predicted molar refractivity (Wildman–Crippen MR) is 108 cm³/mol. The van der Waals surface area contributed by atoms with Crippen molar-refractivity contribution in [3.8, 4) is 5.75 Å². The Balaban J connectivity index is 1.69. The van der Waals surface area contributed by atoms with Crippen molar-refractivity contribution >= 4 is 23.8 Å². The number of alkyl halides is 2. The molecule has 13 heteroatoms. The number of hydrogen-bond acceptors (Lipinski definition) is 8. The Labute approximate surface area is 185 Å². The minimum atomic E-state index is -3.07. The molecule has 1 aliphatic heterocycles. The molecule has 1 aromatic carbocycles. The molecule has 2 aromatic rings. The first-order valence-electron chi connectivity index (χ1n) is 9.90. The van der Waals surface area contributed by atoms with E-state index in [0.29, 0.717) is 5.16 Å². The Morgan fingerprint density at radius 1 is 1.34 bits per heavy atom. The second-order valence-electron chi connectivity index (χ2n) is 6.99. The van der Waals surface area contributed by atoms with Crippen molar-refractivity contribution in [2.45, 2.75) is 43.6 Å². The molecule has 2 aliphatic rings. The fourth-order valence-electron chi connectivity index (χ4n) is 3.30. The Hall–Kier alpha value is -3.22. The first-order valence-corrected chi connectivity index (χ1v) is 10.9. The number of tetrazole rings is 1. The molecule has 1 unspecified atom stereocenters. The highest BCUT2D eigenvalue weighted by molar-refractivity contribution is 7.99. The number of rotatable bonds is 9. The molecule has 4 rings (SSSR count). The molecule has 1 atom stereocenters. The predicted octanol–water partition coefficient (Wildman–Crippen LogP) is 2.57. The van der Waals surface area contributed by atoms with Gasteiger partial charge in [-0.3, -0.25) is 0 Å². The van der Waals surface area contributed by atoms with Gasteiger partial charge >= 0.3 is 18.6 Å². The smallest absolute Gasteiger partial charge is 0.387 e. The van der Waals surface area contributed by atoms with Gasteiger partial charge in [0.25, 0.3) is 0 Å². The topological polar surface area (TPSA) is 120 Å². The van der Waals surface area contributed by atoms with Crippen molar-refractivity contribution in [1.82, 2.24) is 30.8 Å². The van der Waals surface area contributed by atoms with Gasteiger partial charge in [-0.15, -0.1) is 5.10 Å². The number of benzene rings is 1. The maximum atomic E-state index is 12.9. The number of nitrogens with zero attached hydrogens (tertiary/aromatic N) is 4. The minimum Gasteiger partial charge on any atom is -0.463 e. The molecule has 0 radical (unpaired) electrons. The number of ether oxygens (including phenoxy) is 2. The molecule has 2 N–H and O–H groups in total. The monoisotopic (exact) mass is 466 g/mol. The van der Waals surface area contributed by atoms with Gasteiger partial charge in [-0.2, -0.15) is 8.78 Å². The van der Waals surface area contributed by atoms with E-state index in [1.165, 1.54) is 30.0 Å². The van der Waals surface area contributed by atoms with Crippen LogP contribution in [0.2, 0.25) is 0 Å². The van der Waals surface area contributed by atoms with Gasteiger partial charge < -0.3 is 20.1 Å². The second-order valence-corrected chi connectivity index (χ2v) is 7.93. The number of halogens is 2. The van der Waals surface area contributed by atoms with Crippen molar-refractivity contribution in [2.24, 2.45) is 0 Å². The zero-order valence-electron chi connectivity index (χ0n) is 17.0. The van der Waals surface area contributed by atoms with Gasteiger partial charge in [0.15, 0.2) is 0 Å². The fraction of sp³-hybridized carbons (Fsp3) is 0.421. The number of hydrogen-bond donors (Lipinski definition) is 2. The molecule has 2 heterocycles. The average Bonchev–Trinajstić information content (AvgIpc) is 3.49. The molecular formula is C19H20F2N6O4S. The average molecular weight is 466 g/mol. The lowest BCUT2D eigenvalue weighted by Crippen LogP contribution is -2.46. The van der Waals surface area contributed by atoms with Crippen LogP contribution in [0.1, 0.15) is 37.4 Å². The van der Waals surface area contributed by atoms with Crippen LogP contribution < -0.4 is 15.4 Å². The van der Waals surface area contributed by atoms with E-state index in [9.17, 15) is 18.4 Å². The van der Waals surface area contributed by atoms with Crippen LogP contribution in [-0.4, -0.2) is 51.2 Å². The summed E-state index contributed by atoms with van der Waals surface area (Å²) in [4.78, 5) is 25.3. The summed E-state index contributed by atoms with van der Waals surface area (Å²) in [6, 6.07) is 4.58.